The fourth-order valence-corrected chi connectivity index (χ4v) is 1.52. The van der Waals surface area contributed by atoms with Gasteiger partial charge >= 0.3 is 0 Å². The Balaban J connectivity index is 2.00. The number of non-ortho nitro benzene ring substituents is 1. The molecule has 0 bridgehead atoms. The number of rotatable bonds is 4. The molecule has 20 heavy (non-hydrogen) atoms. The molecule has 0 fully saturated rings. The molecule has 7 heteroatoms. The molecule has 0 aliphatic rings. The van der Waals surface area contributed by atoms with Gasteiger partial charge in [0.2, 0.25) is 5.91 Å². The van der Waals surface area contributed by atoms with Gasteiger partial charge in [-0.2, -0.15) is 5.10 Å². The topological polar surface area (TPSA) is 101 Å². The lowest BCUT2D eigenvalue weighted by Crippen LogP contribution is -2.08. The zero-order valence-electron chi connectivity index (χ0n) is 10.7. The van der Waals surface area contributed by atoms with Crippen molar-refractivity contribution in [3.8, 4) is 0 Å². The molecule has 1 aromatic heterocycles. The van der Waals surface area contributed by atoms with Crippen LogP contribution in [0.4, 0.5) is 11.5 Å². The van der Waals surface area contributed by atoms with Crippen LogP contribution in [0.15, 0.2) is 36.5 Å². The minimum Gasteiger partial charge on any atom is -0.307 e. The first-order chi connectivity index (χ1) is 9.56. The first kappa shape index (κ1) is 13.5. The molecule has 1 heterocycles. The van der Waals surface area contributed by atoms with Crippen LogP contribution in [0.5, 0.6) is 0 Å². The highest BCUT2D eigenvalue weighted by Gasteiger charge is 2.04. The normalized spacial score (nSPS) is 10.7. The Bertz CT molecular complexity index is 659. The fourth-order valence-electron chi connectivity index (χ4n) is 1.52. The van der Waals surface area contributed by atoms with E-state index in [1.807, 2.05) is 6.92 Å². The summed E-state index contributed by atoms with van der Waals surface area (Å²) in [5.74, 6) is 0.235. The number of hydrogen-bond acceptors (Lipinski definition) is 4. The minimum atomic E-state index is -0.471. The smallest absolute Gasteiger partial charge is 0.269 e. The van der Waals surface area contributed by atoms with Gasteiger partial charge in [0.15, 0.2) is 0 Å². The quantitative estimate of drug-likeness (QED) is 0.506. The van der Waals surface area contributed by atoms with Gasteiger partial charge in [-0.25, -0.2) is 0 Å². The molecule has 2 aromatic rings. The molecule has 0 saturated heterocycles. The predicted octanol–water partition coefficient (Wildman–Crippen LogP) is 2.28. The summed E-state index contributed by atoms with van der Waals surface area (Å²) in [6.45, 7) is 1.82. The first-order valence-electron chi connectivity index (χ1n) is 5.80. The number of amides is 1. The third-order valence-electron chi connectivity index (χ3n) is 2.61. The van der Waals surface area contributed by atoms with Crippen LogP contribution in [0.2, 0.25) is 0 Å². The number of anilines is 1. The summed E-state index contributed by atoms with van der Waals surface area (Å²) in [5.41, 5.74) is 1.55. The maximum absolute atomic E-state index is 11.7. The molecule has 0 radical (unpaired) electrons. The molecule has 0 atom stereocenters. The number of nitrogens with zero attached hydrogens (tertiary/aromatic N) is 2. The largest absolute Gasteiger partial charge is 0.307 e. The Morgan fingerprint density at radius 3 is 2.65 bits per heavy atom. The van der Waals surface area contributed by atoms with Crippen molar-refractivity contribution in [1.82, 2.24) is 10.2 Å². The van der Waals surface area contributed by atoms with Gasteiger partial charge in [0.05, 0.1) is 11.1 Å². The first-order valence-corrected chi connectivity index (χ1v) is 5.80. The average molecular weight is 272 g/mol. The van der Waals surface area contributed by atoms with Gasteiger partial charge < -0.3 is 5.32 Å². The Morgan fingerprint density at radius 2 is 2.10 bits per heavy atom. The monoisotopic (exact) mass is 272 g/mol. The summed E-state index contributed by atoms with van der Waals surface area (Å²) in [6, 6.07) is 5.92. The second kappa shape index (κ2) is 5.79. The summed E-state index contributed by atoms with van der Waals surface area (Å²) < 4.78 is 0. The van der Waals surface area contributed by atoms with Crippen molar-refractivity contribution in [2.75, 3.05) is 5.32 Å². The van der Waals surface area contributed by atoms with E-state index in [1.165, 1.54) is 18.2 Å². The van der Waals surface area contributed by atoms with Crippen LogP contribution in [-0.2, 0) is 4.79 Å². The highest BCUT2D eigenvalue weighted by atomic mass is 16.6. The SMILES string of the molecule is Cc1cn[nH]c1NC(=O)/C=C/c1ccc([N+](=O)[O-])cc1. The van der Waals surface area contributed by atoms with E-state index in [2.05, 4.69) is 15.5 Å². The van der Waals surface area contributed by atoms with Crippen LogP contribution < -0.4 is 5.32 Å². The van der Waals surface area contributed by atoms with E-state index >= 15 is 0 Å². The third kappa shape index (κ3) is 3.29. The number of H-pyrrole nitrogens is 1. The number of carbonyl (C=O) groups is 1. The van der Waals surface area contributed by atoms with Crippen molar-refractivity contribution >= 4 is 23.5 Å². The van der Waals surface area contributed by atoms with Gasteiger partial charge in [0.1, 0.15) is 5.82 Å². The van der Waals surface area contributed by atoms with Gasteiger partial charge in [-0.3, -0.25) is 20.0 Å². The van der Waals surface area contributed by atoms with Gasteiger partial charge in [0.25, 0.3) is 5.69 Å². The molecule has 1 amide bonds. The Morgan fingerprint density at radius 1 is 1.40 bits per heavy atom. The summed E-state index contributed by atoms with van der Waals surface area (Å²) in [6.07, 6.45) is 4.53. The standard InChI is InChI=1S/C13H12N4O3/c1-9-8-14-16-13(9)15-12(18)7-4-10-2-5-11(6-3-10)17(19)20/h2-8H,1H3,(H2,14,15,16,18)/b7-4+. The minimum absolute atomic E-state index is 0.0136. The third-order valence-corrected chi connectivity index (χ3v) is 2.61. The zero-order chi connectivity index (χ0) is 14.5. The second-order valence-corrected chi connectivity index (χ2v) is 4.10. The van der Waals surface area contributed by atoms with E-state index in [9.17, 15) is 14.9 Å². The Kier molecular flexibility index (Phi) is 3.90. The lowest BCUT2D eigenvalue weighted by atomic mass is 10.2. The van der Waals surface area contributed by atoms with Crippen LogP contribution in [0.1, 0.15) is 11.1 Å². The van der Waals surface area contributed by atoms with E-state index in [1.54, 1.807) is 24.4 Å². The zero-order valence-corrected chi connectivity index (χ0v) is 10.7. The molecule has 0 saturated carbocycles. The van der Waals surface area contributed by atoms with Crippen molar-refractivity contribution in [3.05, 3.63) is 57.8 Å². The highest BCUT2D eigenvalue weighted by Crippen LogP contribution is 2.13. The number of nitrogens with one attached hydrogen (secondary N) is 2. The van der Waals surface area contributed by atoms with E-state index in [0.29, 0.717) is 11.4 Å². The van der Waals surface area contributed by atoms with Crippen molar-refractivity contribution in [3.63, 3.8) is 0 Å². The molecule has 7 nitrogen and oxygen atoms in total. The fraction of sp³-hybridized carbons (Fsp3) is 0.0769. The molecule has 0 aliphatic heterocycles. The molecule has 2 rings (SSSR count). The summed E-state index contributed by atoms with van der Waals surface area (Å²) >= 11 is 0. The van der Waals surface area contributed by atoms with Crippen molar-refractivity contribution in [2.45, 2.75) is 6.92 Å². The Hall–Kier alpha value is -2.96. The maximum atomic E-state index is 11.7. The lowest BCUT2D eigenvalue weighted by molar-refractivity contribution is -0.384. The predicted molar refractivity (Wildman–Crippen MR) is 74.1 cm³/mol. The molecule has 1 aromatic carbocycles. The number of nitro benzene ring substituents is 1. The number of aromatic nitrogens is 2. The molecule has 0 aliphatic carbocycles. The van der Waals surface area contributed by atoms with E-state index in [-0.39, 0.29) is 11.6 Å². The van der Waals surface area contributed by atoms with Crippen molar-refractivity contribution in [1.29, 1.82) is 0 Å². The van der Waals surface area contributed by atoms with Gasteiger partial charge in [-0.05, 0) is 30.7 Å². The molecule has 0 spiro atoms. The second-order valence-electron chi connectivity index (χ2n) is 4.10. The maximum Gasteiger partial charge on any atom is 0.269 e. The Labute approximate surface area is 114 Å². The van der Waals surface area contributed by atoms with Gasteiger partial charge in [-0.1, -0.05) is 0 Å². The molecule has 102 valence electrons. The van der Waals surface area contributed by atoms with Gasteiger partial charge in [-0.15, -0.1) is 0 Å². The highest BCUT2D eigenvalue weighted by molar-refractivity contribution is 6.01. The number of hydrogen-bond donors (Lipinski definition) is 2. The van der Waals surface area contributed by atoms with Crippen molar-refractivity contribution in [2.24, 2.45) is 0 Å². The van der Waals surface area contributed by atoms with E-state index in [4.69, 9.17) is 0 Å². The molecule has 2 N–H and O–H groups in total. The van der Waals surface area contributed by atoms with E-state index < -0.39 is 4.92 Å². The summed E-state index contributed by atoms with van der Waals surface area (Å²) in [4.78, 5) is 21.7. The number of carbonyl (C=O) groups excluding carboxylic acids is 1. The van der Waals surface area contributed by atoms with Crippen LogP contribution in [-0.4, -0.2) is 21.0 Å². The number of aromatic amines is 1. The average Bonchev–Trinajstić information content (AvgIpc) is 2.82. The van der Waals surface area contributed by atoms with Crippen molar-refractivity contribution < 1.29 is 9.72 Å². The van der Waals surface area contributed by atoms with Crippen LogP contribution >= 0.6 is 0 Å². The molecular formula is C13H12N4O3. The lowest BCUT2D eigenvalue weighted by Gasteiger charge is -1.99. The van der Waals surface area contributed by atoms with Crippen LogP contribution in [0, 0.1) is 17.0 Å². The van der Waals surface area contributed by atoms with Crippen LogP contribution in [0.25, 0.3) is 6.08 Å². The molecule has 0 unspecified atom stereocenters. The summed E-state index contributed by atoms with van der Waals surface area (Å²) in [7, 11) is 0. The van der Waals surface area contributed by atoms with E-state index in [0.717, 1.165) is 5.56 Å². The number of aryl methyl sites for hydroxylation is 1. The molecular weight excluding hydrogens is 260 g/mol. The summed E-state index contributed by atoms with van der Waals surface area (Å²) in [5, 5.41) is 19.6. The number of nitro groups is 1. The number of benzene rings is 1. The van der Waals surface area contributed by atoms with Crippen LogP contribution in [0.3, 0.4) is 0 Å². The van der Waals surface area contributed by atoms with Gasteiger partial charge in [0, 0.05) is 23.8 Å².